The monoisotopic (exact) mass is 422 g/mol. The second kappa shape index (κ2) is 8.69. The zero-order chi connectivity index (χ0) is 22.1. The van der Waals surface area contributed by atoms with E-state index in [9.17, 15) is 10.5 Å². The quantitative estimate of drug-likeness (QED) is 0.738. The molecule has 7 nitrogen and oxygen atoms in total. The van der Waals surface area contributed by atoms with Crippen molar-refractivity contribution >= 4 is 0 Å². The maximum atomic E-state index is 10.3. The molecule has 0 amide bonds. The van der Waals surface area contributed by atoms with Crippen LogP contribution in [0.25, 0.3) is 0 Å². The highest BCUT2D eigenvalue weighted by Gasteiger charge is 2.43. The van der Waals surface area contributed by atoms with Crippen LogP contribution in [-0.2, 0) is 14.2 Å². The van der Waals surface area contributed by atoms with Gasteiger partial charge >= 0.3 is 0 Å². The molecule has 1 saturated carbocycles. The second-order valence-electron chi connectivity index (χ2n) is 8.63. The molecule has 7 heteroatoms. The Morgan fingerprint density at radius 2 is 1.58 bits per heavy atom. The third kappa shape index (κ3) is 3.47. The molecule has 164 valence electrons. The van der Waals surface area contributed by atoms with Crippen LogP contribution in [0.1, 0.15) is 44.9 Å². The van der Waals surface area contributed by atoms with E-state index in [0.717, 1.165) is 54.9 Å². The summed E-state index contributed by atoms with van der Waals surface area (Å²) in [4.78, 5) is 1.98. The number of hydrogen-bond acceptors (Lipinski definition) is 7. The van der Waals surface area contributed by atoms with E-state index >= 15 is 0 Å². The highest BCUT2D eigenvalue weighted by atomic mass is 16.5. The zero-order valence-corrected chi connectivity index (χ0v) is 18.5. The molecule has 0 aromatic carbocycles. The molecule has 1 atom stereocenters. The van der Waals surface area contributed by atoms with E-state index in [-0.39, 0.29) is 17.9 Å². The highest BCUT2D eigenvalue weighted by molar-refractivity contribution is 5.57. The largest absolute Gasteiger partial charge is 0.497 e. The van der Waals surface area contributed by atoms with Gasteiger partial charge in [-0.3, -0.25) is 0 Å². The van der Waals surface area contributed by atoms with Crippen molar-refractivity contribution in [2.45, 2.75) is 51.0 Å². The smallest absolute Gasteiger partial charge is 0.138 e. The molecular formula is C24H30N4O3. The van der Waals surface area contributed by atoms with Gasteiger partial charge in [-0.25, -0.2) is 0 Å². The fourth-order valence-corrected chi connectivity index (χ4v) is 5.69. The van der Waals surface area contributed by atoms with E-state index in [1.807, 2.05) is 4.90 Å². The van der Waals surface area contributed by atoms with E-state index in [1.54, 1.807) is 21.3 Å². The summed E-state index contributed by atoms with van der Waals surface area (Å²) in [5.74, 6) is 2.09. The molecule has 4 rings (SSSR count). The predicted molar refractivity (Wildman–Crippen MR) is 114 cm³/mol. The molecule has 2 heterocycles. The van der Waals surface area contributed by atoms with Gasteiger partial charge in [0.15, 0.2) is 0 Å². The van der Waals surface area contributed by atoms with Gasteiger partial charge in [-0.1, -0.05) is 5.57 Å². The van der Waals surface area contributed by atoms with Crippen LogP contribution in [0.4, 0.5) is 0 Å². The lowest BCUT2D eigenvalue weighted by molar-refractivity contribution is 0.0517. The molecule has 2 aliphatic heterocycles. The molecule has 1 unspecified atom stereocenters. The fourth-order valence-electron chi connectivity index (χ4n) is 5.69. The first-order valence-corrected chi connectivity index (χ1v) is 10.9. The molecule has 0 radical (unpaired) electrons. The van der Waals surface area contributed by atoms with Crippen molar-refractivity contribution in [3.8, 4) is 12.1 Å². The molecule has 2 N–H and O–H groups in total. The Morgan fingerprint density at radius 3 is 2.16 bits per heavy atom. The van der Waals surface area contributed by atoms with Gasteiger partial charge in [0.1, 0.15) is 17.3 Å². The third-order valence-electron chi connectivity index (χ3n) is 7.34. The Labute approximate surface area is 184 Å². The lowest BCUT2D eigenvalue weighted by Gasteiger charge is -2.44. The summed E-state index contributed by atoms with van der Waals surface area (Å²) in [6, 6.07) is 4.85. The Bertz CT molecular complexity index is 968. The van der Waals surface area contributed by atoms with Crippen molar-refractivity contribution in [1.82, 2.24) is 4.90 Å². The highest BCUT2D eigenvalue weighted by Crippen LogP contribution is 2.49. The molecule has 0 aromatic heterocycles. The van der Waals surface area contributed by atoms with Gasteiger partial charge in [0.25, 0.3) is 0 Å². The number of nitriles is 2. The van der Waals surface area contributed by atoms with Crippen molar-refractivity contribution in [1.29, 1.82) is 10.5 Å². The Kier molecular flexibility index (Phi) is 5.98. The lowest BCUT2D eigenvalue weighted by atomic mass is 9.69. The van der Waals surface area contributed by atoms with Gasteiger partial charge in [0, 0.05) is 32.4 Å². The normalized spacial score (nSPS) is 28.7. The van der Waals surface area contributed by atoms with E-state index in [0.29, 0.717) is 36.4 Å². The Morgan fingerprint density at radius 1 is 0.935 bits per heavy atom. The zero-order valence-electron chi connectivity index (χ0n) is 18.5. The van der Waals surface area contributed by atoms with E-state index < -0.39 is 0 Å². The number of rotatable bonds is 4. The van der Waals surface area contributed by atoms with Crippen LogP contribution in [0, 0.1) is 34.5 Å². The van der Waals surface area contributed by atoms with Gasteiger partial charge in [-0.15, -0.1) is 0 Å². The molecule has 2 aliphatic carbocycles. The van der Waals surface area contributed by atoms with Gasteiger partial charge in [0.2, 0.25) is 0 Å². The minimum absolute atomic E-state index is 0.213. The van der Waals surface area contributed by atoms with Crippen molar-refractivity contribution in [2.75, 3.05) is 27.9 Å². The summed E-state index contributed by atoms with van der Waals surface area (Å²) >= 11 is 0. The SMILES string of the molecule is COC1=C(OC)CC2=C(CCN3C(N)=C(C#N)C(C4CCC(OC)CC4)C(C#N)=C23)C1. The average Bonchev–Trinajstić information content (AvgIpc) is 2.82. The van der Waals surface area contributed by atoms with Crippen molar-refractivity contribution < 1.29 is 14.2 Å². The topological polar surface area (TPSA) is 105 Å². The molecule has 0 aromatic rings. The summed E-state index contributed by atoms with van der Waals surface area (Å²) in [5.41, 5.74) is 11.1. The first kappa shape index (κ1) is 21.3. The summed E-state index contributed by atoms with van der Waals surface area (Å²) in [6.45, 7) is 0.665. The number of fused-ring (bicyclic) bond motifs is 2. The summed E-state index contributed by atoms with van der Waals surface area (Å²) < 4.78 is 16.7. The van der Waals surface area contributed by atoms with Crippen molar-refractivity contribution in [3.05, 3.63) is 45.3 Å². The van der Waals surface area contributed by atoms with E-state index in [4.69, 9.17) is 19.9 Å². The number of nitrogens with two attached hydrogens (primary N) is 1. The van der Waals surface area contributed by atoms with E-state index in [1.165, 1.54) is 5.57 Å². The minimum Gasteiger partial charge on any atom is -0.497 e. The van der Waals surface area contributed by atoms with Crippen molar-refractivity contribution in [3.63, 3.8) is 0 Å². The Balaban J connectivity index is 1.79. The lowest BCUT2D eigenvalue weighted by Crippen LogP contribution is -2.42. The van der Waals surface area contributed by atoms with Crippen LogP contribution in [0.2, 0.25) is 0 Å². The minimum atomic E-state index is -0.260. The van der Waals surface area contributed by atoms with Gasteiger partial charge in [-0.2, -0.15) is 10.5 Å². The standard InChI is InChI=1S/C24H30N4O3/c1-29-16-6-4-14(5-7-16)22-18(12-25)23-17-11-21(31-3)20(30-2)10-15(17)8-9-28(23)24(27)19(22)13-26/h14,16,22H,4-11,27H2,1-3H3. The van der Waals surface area contributed by atoms with Crippen LogP contribution >= 0.6 is 0 Å². The van der Waals surface area contributed by atoms with E-state index in [2.05, 4.69) is 12.1 Å². The molecule has 0 spiro atoms. The summed E-state index contributed by atoms with van der Waals surface area (Å²) in [6.07, 6.45) is 6.06. The molecule has 1 fully saturated rings. The van der Waals surface area contributed by atoms with Gasteiger partial charge in [-0.05, 0) is 43.6 Å². The molecule has 31 heavy (non-hydrogen) atoms. The van der Waals surface area contributed by atoms with Crippen LogP contribution in [0.3, 0.4) is 0 Å². The summed E-state index contributed by atoms with van der Waals surface area (Å²) in [7, 11) is 5.07. The number of nitrogens with zero attached hydrogens (tertiary/aromatic N) is 3. The van der Waals surface area contributed by atoms with Gasteiger partial charge < -0.3 is 24.8 Å². The van der Waals surface area contributed by atoms with Gasteiger partial charge in [0.05, 0.1) is 49.3 Å². The van der Waals surface area contributed by atoms with Crippen LogP contribution in [0.5, 0.6) is 0 Å². The number of ether oxygens (including phenoxy) is 3. The van der Waals surface area contributed by atoms with Crippen LogP contribution in [-0.4, -0.2) is 38.9 Å². The predicted octanol–water partition coefficient (Wildman–Crippen LogP) is 3.59. The van der Waals surface area contributed by atoms with Crippen LogP contribution < -0.4 is 5.73 Å². The molecule has 0 saturated heterocycles. The maximum absolute atomic E-state index is 10.3. The Hall–Kier alpha value is -2.90. The first-order chi connectivity index (χ1) is 15.1. The van der Waals surface area contributed by atoms with Crippen molar-refractivity contribution in [2.24, 2.45) is 17.6 Å². The average molecular weight is 423 g/mol. The first-order valence-electron chi connectivity index (χ1n) is 10.9. The second-order valence-corrected chi connectivity index (χ2v) is 8.63. The summed E-state index contributed by atoms with van der Waals surface area (Å²) in [5, 5.41) is 20.3. The molecule has 4 aliphatic rings. The third-order valence-corrected chi connectivity index (χ3v) is 7.34. The molecule has 0 bridgehead atoms. The number of hydrogen-bond donors (Lipinski definition) is 1. The maximum Gasteiger partial charge on any atom is 0.138 e. The number of allylic oxidation sites excluding steroid dienone is 5. The van der Waals surface area contributed by atoms with Crippen LogP contribution in [0.15, 0.2) is 45.3 Å². The fraction of sp³-hybridized carbons (Fsp3) is 0.583. The molecular weight excluding hydrogens is 392 g/mol. The number of methoxy groups -OCH3 is 3.